The molecule has 100 valence electrons. The summed E-state index contributed by atoms with van der Waals surface area (Å²) in [5.41, 5.74) is 2.29. The van der Waals surface area contributed by atoms with Crippen molar-refractivity contribution in [3.63, 3.8) is 0 Å². The van der Waals surface area contributed by atoms with Crippen molar-refractivity contribution in [2.24, 2.45) is 17.7 Å². The van der Waals surface area contributed by atoms with E-state index < -0.39 is 0 Å². The molecule has 0 radical (unpaired) electrons. The smallest absolute Gasteiger partial charge is 0.251 e. The number of carbonyl (C=O) groups is 1. The van der Waals surface area contributed by atoms with E-state index in [1.807, 2.05) is 7.05 Å². The Hall–Kier alpha value is -0.650. The van der Waals surface area contributed by atoms with E-state index >= 15 is 0 Å². The second-order valence-corrected chi connectivity index (χ2v) is 5.26. The number of rotatable bonds is 5. The zero-order valence-corrected chi connectivity index (χ0v) is 11.2. The number of nitrogens with one attached hydrogen (secondary N) is 2. The minimum atomic E-state index is -0.0975. The van der Waals surface area contributed by atoms with Gasteiger partial charge in [-0.1, -0.05) is 13.8 Å². The van der Waals surface area contributed by atoms with Crippen molar-refractivity contribution >= 4 is 5.91 Å². The number of hydrogen-bond acceptors (Lipinski definition) is 4. The molecule has 1 aliphatic rings. The summed E-state index contributed by atoms with van der Waals surface area (Å²) in [4.78, 5) is 14.1. The Morgan fingerprint density at radius 2 is 2.24 bits per heavy atom. The van der Waals surface area contributed by atoms with E-state index in [1.54, 1.807) is 0 Å². The number of carbonyl (C=O) groups excluding carboxylic acids is 1. The minimum Gasteiger partial charge on any atom is -0.319 e. The number of amides is 1. The molecule has 0 spiro atoms. The van der Waals surface area contributed by atoms with Crippen LogP contribution in [-0.2, 0) is 4.79 Å². The standard InChI is InChI=1S/C12H26N4O/c1-9(2)11(12(17)15-13)16-6-4-5-10(8-16)7-14-3/h9-11,14H,4-8,13H2,1-3H3,(H,15,17). The highest BCUT2D eigenvalue weighted by Crippen LogP contribution is 2.21. The summed E-state index contributed by atoms with van der Waals surface area (Å²) in [7, 11) is 1.98. The molecule has 0 aliphatic carbocycles. The number of nitrogens with zero attached hydrogens (tertiary/aromatic N) is 1. The van der Waals surface area contributed by atoms with Crippen LogP contribution < -0.4 is 16.6 Å². The van der Waals surface area contributed by atoms with Crippen LogP contribution in [0.15, 0.2) is 0 Å². The number of piperidine rings is 1. The van der Waals surface area contributed by atoms with Crippen LogP contribution in [0.25, 0.3) is 0 Å². The summed E-state index contributed by atoms with van der Waals surface area (Å²) in [5, 5.41) is 3.22. The Labute approximate surface area is 104 Å². The maximum atomic E-state index is 11.8. The highest BCUT2D eigenvalue weighted by atomic mass is 16.2. The molecule has 0 bridgehead atoms. The number of nitrogens with two attached hydrogens (primary N) is 1. The monoisotopic (exact) mass is 242 g/mol. The van der Waals surface area contributed by atoms with Crippen molar-refractivity contribution < 1.29 is 4.79 Å². The molecule has 1 fully saturated rings. The van der Waals surface area contributed by atoms with Crippen LogP contribution in [0.4, 0.5) is 0 Å². The summed E-state index contributed by atoms with van der Waals surface area (Å²) in [5.74, 6) is 6.13. The third-order valence-corrected chi connectivity index (χ3v) is 3.48. The van der Waals surface area contributed by atoms with Gasteiger partial charge in [0.15, 0.2) is 0 Å². The van der Waals surface area contributed by atoms with E-state index in [2.05, 4.69) is 29.5 Å². The highest BCUT2D eigenvalue weighted by Gasteiger charge is 2.31. The van der Waals surface area contributed by atoms with Crippen LogP contribution >= 0.6 is 0 Å². The molecule has 4 N–H and O–H groups in total. The van der Waals surface area contributed by atoms with Gasteiger partial charge in [-0.2, -0.15) is 0 Å². The second kappa shape index (κ2) is 6.93. The summed E-state index contributed by atoms with van der Waals surface area (Å²) in [6, 6.07) is -0.0975. The molecule has 5 nitrogen and oxygen atoms in total. The Morgan fingerprint density at radius 3 is 2.76 bits per heavy atom. The zero-order chi connectivity index (χ0) is 12.8. The number of hydrogen-bond donors (Lipinski definition) is 3. The predicted octanol–water partition coefficient (Wildman–Crippen LogP) is -0.0677. The zero-order valence-electron chi connectivity index (χ0n) is 11.2. The first-order valence-corrected chi connectivity index (χ1v) is 6.49. The van der Waals surface area contributed by atoms with Crippen molar-refractivity contribution in [2.45, 2.75) is 32.7 Å². The maximum Gasteiger partial charge on any atom is 0.251 e. The molecule has 1 amide bonds. The molecule has 17 heavy (non-hydrogen) atoms. The Morgan fingerprint density at radius 1 is 1.53 bits per heavy atom. The largest absolute Gasteiger partial charge is 0.319 e. The van der Waals surface area contributed by atoms with Crippen molar-refractivity contribution in [1.82, 2.24) is 15.6 Å². The molecule has 5 heteroatoms. The van der Waals surface area contributed by atoms with E-state index in [-0.39, 0.29) is 17.9 Å². The molecule has 1 aliphatic heterocycles. The van der Waals surface area contributed by atoms with Gasteiger partial charge >= 0.3 is 0 Å². The Kier molecular flexibility index (Phi) is 5.88. The Bertz CT molecular complexity index is 243. The van der Waals surface area contributed by atoms with Gasteiger partial charge in [-0.15, -0.1) is 0 Å². The van der Waals surface area contributed by atoms with Crippen molar-refractivity contribution in [3.8, 4) is 0 Å². The number of likely N-dealkylation sites (tertiary alicyclic amines) is 1. The quantitative estimate of drug-likeness (QED) is 0.359. The van der Waals surface area contributed by atoms with Crippen LogP contribution in [0.5, 0.6) is 0 Å². The molecular weight excluding hydrogens is 216 g/mol. The molecule has 1 saturated heterocycles. The molecule has 1 heterocycles. The lowest BCUT2D eigenvalue weighted by molar-refractivity contribution is -0.129. The van der Waals surface area contributed by atoms with Gasteiger partial charge in [-0.05, 0) is 44.8 Å². The lowest BCUT2D eigenvalue weighted by Crippen LogP contribution is -2.55. The summed E-state index contributed by atoms with van der Waals surface area (Å²) in [6.45, 7) is 7.14. The molecule has 1 rings (SSSR count). The molecule has 0 saturated carbocycles. The highest BCUT2D eigenvalue weighted by molar-refractivity contribution is 5.81. The fourth-order valence-electron chi connectivity index (χ4n) is 2.78. The van der Waals surface area contributed by atoms with Gasteiger partial charge in [0, 0.05) is 6.54 Å². The van der Waals surface area contributed by atoms with Crippen LogP contribution in [-0.4, -0.2) is 43.5 Å². The summed E-state index contributed by atoms with van der Waals surface area (Å²) < 4.78 is 0. The van der Waals surface area contributed by atoms with Crippen LogP contribution in [0, 0.1) is 11.8 Å². The average Bonchev–Trinajstić information content (AvgIpc) is 2.29. The van der Waals surface area contributed by atoms with Gasteiger partial charge in [-0.3, -0.25) is 15.1 Å². The molecule has 2 atom stereocenters. The molecular formula is C12H26N4O. The number of hydrazine groups is 1. The second-order valence-electron chi connectivity index (χ2n) is 5.26. The first-order chi connectivity index (χ1) is 8.10. The van der Waals surface area contributed by atoms with Crippen LogP contribution in [0.3, 0.4) is 0 Å². The third-order valence-electron chi connectivity index (χ3n) is 3.48. The first-order valence-electron chi connectivity index (χ1n) is 6.49. The summed E-state index contributed by atoms with van der Waals surface area (Å²) >= 11 is 0. The van der Waals surface area contributed by atoms with E-state index in [0.29, 0.717) is 5.92 Å². The van der Waals surface area contributed by atoms with E-state index in [1.165, 1.54) is 6.42 Å². The van der Waals surface area contributed by atoms with Gasteiger partial charge in [0.2, 0.25) is 0 Å². The van der Waals surface area contributed by atoms with Crippen LogP contribution in [0.2, 0.25) is 0 Å². The van der Waals surface area contributed by atoms with Crippen molar-refractivity contribution in [2.75, 3.05) is 26.7 Å². The van der Waals surface area contributed by atoms with Crippen molar-refractivity contribution in [3.05, 3.63) is 0 Å². The third kappa shape index (κ3) is 3.94. The first kappa shape index (κ1) is 14.4. The van der Waals surface area contributed by atoms with Gasteiger partial charge in [0.05, 0.1) is 6.04 Å². The molecule has 0 aromatic carbocycles. The Balaban J connectivity index is 2.64. The van der Waals surface area contributed by atoms with Gasteiger partial charge in [0.1, 0.15) is 0 Å². The molecule has 2 unspecified atom stereocenters. The maximum absolute atomic E-state index is 11.8. The van der Waals surface area contributed by atoms with Crippen LogP contribution in [0.1, 0.15) is 26.7 Å². The molecule has 0 aromatic heterocycles. The van der Waals surface area contributed by atoms with Gasteiger partial charge in [-0.25, -0.2) is 5.84 Å². The van der Waals surface area contributed by atoms with Crippen molar-refractivity contribution in [1.29, 1.82) is 0 Å². The minimum absolute atomic E-state index is 0.0647. The average molecular weight is 242 g/mol. The SMILES string of the molecule is CNCC1CCCN(C(C(=O)NN)C(C)C)C1. The lowest BCUT2D eigenvalue weighted by atomic mass is 9.93. The van der Waals surface area contributed by atoms with E-state index in [9.17, 15) is 4.79 Å². The van der Waals surface area contributed by atoms with Gasteiger partial charge in [0.25, 0.3) is 5.91 Å². The molecule has 0 aromatic rings. The normalized spacial score (nSPS) is 23.7. The summed E-state index contributed by atoms with van der Waals surface area (Å²) in [6.07, 6.45) is 2.40. The predicted molar refractivity (Wildman–Crippen MR) is 69.2 cm³/mol. The lowest BCUT2D eigenvalue weighted by Gasteiger charge is -2.39. The fourth-order valence-corrected chi connectivity index (χ4v) is 2.78. The van der Waals surface area contributed by atoms with E-state index in [0.717, 1.165) is 26.1 Å². The topological polar surface area (TPSA) is 70.4 Å². The van der Waals surface area contributed by atoms with Gasteiger partial charge < -0.3 is 5.32 Å². The van der Waals surface area contributed by atoms with E-state index in [4.69, 9.17) is 5.84 Å². The fraction of sp³-hybridized carbons (Fsp3) is 0.917.